The molecule has 0 aromatic carbocycles. The highest BCUT2D eigenvalue weighted by molar-refractivity contribution is 7.80. The van der Waals surface area contributed by atoms with Crippen LogP contribution in [0.4, 0.5) is 0 Å². The van der Waals surface area contributed by atoms with Gasteiger partial charge in [-0.25, -0.2) is 4.79 Å². The van der Waals surface area contributed by atoms with E-state index in [0.717, 1.165) is 0 Å². The van der Waals surface area contributed by atoms with E-state index in [0.29, 0.717) is 0 Å². The molecule has 27 heavy (non-hydrogen) atoms. The predicted octanol–water partition coefficient (Wildman–Crippen LogP) is -1.77. The average molecular weight is 407 g/mol. The molecule has 0 aliphatic heterocycles. The number of rotatable bonds is 11. The van der Waals surface area contributed by atoms with Crippen LogP contribution in [0.1, 0.15) is 34.1 Å². The summed E-state index contributed by atoms with van der Waals surface area (Å²) in [7, 11) is 0. The highest BCUT2D eigenvalue weighted by Crippen LogP contribution is 2.05. The molecule has 10 nitrogen and oxygen atoms in total. The van der Waals surface area contributed by atoms with Crippen molar-refractivity contribution in [1.29, 1.82) is 0 Å². The zero-order valence-corrected chi connectivity index (χ0v) is 16.8. The highest BCUT2D eigenvalue weighted by Gasteiger charge is 2.28. The van der Waals surface area contributed by atoms with Crippen LogP contribution in [0.3, 0.4) is 0 Å². The average Bonchev–Trinajstić information content (AvgIpc) is 2.56. The molecule has 0 fully saturated rings. The smallest absolute Gasteiger partial charge is 0.326 e. The lowest BCUT2D eigenvalue weighted by molar-refractivity contribution is -0.142. The monoisotopic (exact) mass is 406 g/mol. The molecule has 7 N–H and O–H groups in total. The Kier molecular flexibility index (Phi) is 11.0. The van der Waals surface area contributed by atoms with E-state index in [-0.39, 0.29) is 18.1 Å². The Bertz CT molecular complexity index is 543. The standard InChI is InChI=1S/C16H30N4O6S/c1-7(2)5-10(16(25)26)19-14(23)11(6-27)20-13(22)8(3)18-15(24)12(17)9(4)21/h7-12,21,27H,5-6,17H2,1-4H3,(H,18,24)(H,19,23)(H,20,22)(H,25,26). The summed E-state index contributed by atoms with van der Waals surface area (Å²) in [5, 5.41) is 25.6. The molecule has 5 atom stereocenters. The van der Waals surface area contributed by atoms with Crippen LogP contribution < -0.4 is 21.7 Å². The van der Waals surface area contributed by atoms with Gasteiger partial charge in [-0.1, -0.05) is 13.8 Å². The number of aliphatic carboxylic acids is 1. The van der Waals surface area contributed by atoms with E-state index in [4.69, 9.17) is 5.73 Å². The number of hydrogen-bond acceptors (Lipinski definition) is 7. The van der Waals surface area contributed by atoms with E-state index in [9.17, 15) is 29.4 Å². The van der Waals surface area contributed by atoms with Gasteiger partial charge in [0.05, 0.1) is 6.10 Å². The molecule has 0 aliphatic carbocycles. The van der Waals surface area contributed by atoms with E-state index >= 15 is 0 Å². The maximum Gasteiger partial charge on any atom is 0.326 e. The summed E-state index contributed by atoms with van der Waals surface area (Å²) >= 11 is 4.01. The quantitative estimate of drug-likeness (QED) is 0.199. The third kappa shape index (κ3) is 9.07. The molecule has 0 rings (SSSR count). The number of carbonyl (C=O) groups is 4. The highest BCUT2D eigenvalue weighted by atomic mass is 32.1. The van der Waals surface area contributed by atoms with Crippen LogP contribution in [0.25, 0.3) is 0 Å². The minimum Gasteiger partial charge on any atom is -0.480 e. The molecule has 0 saturated heterocycles. The van der Waals surface area contributed by atoms with Crippen LogP contribution in [-0.4, -0.2) is 69.9 Å². The van der Waals surface area contributed by atoms with Crippen molar-refractivity contribution in [1.82, 2.24) is 16.0 Å². The number of aliphatic hydroxyl groups is 1. The molecular formula is C16H30N4O6S. The number of aliphatic hydroxyl groups excluding tert-OH is 1. The van der Waals surface area contributed by atoms with E-state index in [1.54, 1.807) is 0 Å². The van der Waals surface area contributed by atoms with Crippen LogP contribution >= 0.6 is 12.6 Å². The van der Waals surface area contributed by atoms with E-state index in [2.05, 4.69) is 28.6 Å². The van der Waals surface area contributed by atoms with Gasteiger partial charge in [0, 0.05) is 5.75 Å². The van der Waals surface area contributed by atoms with Crippen molar-refractivity contribution in [3.63, 3.8) is 0 Å². The second-order valence-corrected chi connectivity index (χ2v) is 7.13. The third-order valence-corrected chi connectivity index (χ3v) is 4.08. The van der Waals surface area contributed by atoms with Gasteiger partial charge in [-0.3, -0.25) is 14.4 Å². The Morgan fingerprint density at radius 2 is 1.44 bits per heavy atom. The third-order valence-electron chi connectivity index (χ3n) is 3.71. The first-order chi connectivity index (χ1) is 12.4. The molecular weight excluding hydrogens is 376 g/mol. The lowest BCUT2D eigenvalue weighted by atomic mass is 10.0. The molecule has 0 aliphatic rings. The van der Waals surface area contributed by atoms with Crippen molar-refractivity contribution < 1.29 is 29.4 Å². The summed E-state index contributed by atoms with van der Waals surface area (Å²) in [6.45, 7) is 6.37. The number of amides is 3. The topological polar surface area (TPSA) is 171 Å². The van der Waals surface area contributed by atoms with Crippen LogP contribution in [-0.2, 0) is 19.2 Å². The van der Waals surface area contributed by atoms with Crippen molar-refractivity contribution in [3.05, 3.63) is 0 Å². The zero-order chi connectivity index (χ0) is 21.3. The Balaban J connectivity index is 4.84. The van der Waals surface area contributed by atoms with Gasteiger partial charge in [0.1, 0.15) is 24.2 Å². The summed E-state index contributed by atoms with van der Waals surface area (Å²) < 4.78 is 0. The maximum atomic E-state index is 12.3. The summed E-state index contributed by atoms with van der Waals surface area (Å²) in [4.78, 5) is 47.5. The Hall–Kier alpha value is -1.85. The second-order valence-electron chi connectivity index (χ2n) is 6.77. The lowest BCUT2D eigenvalue weighted by Crippen LogP contribution is -2.57. The van der Waals surface area contributed by atoms with Crippen molar-refractivity contribution >= 4 is 36.3 Å². The fourth-order valence-electron chi connectivity index (χ4n) is 2.05. The molecule has 11 heteroatoms. The van der Waals surface area contributed by atoms with E-state index < -0.39 is 54.0 Å². The van der Waals surface area contributed by atoms with Crippen LogP contribution in [0, 0.1) is 5.92 Å². The number of carboxylic acid groups (broad SMARTS) is 1. The van der Waals surface area contributed by atoms with Crippen LogP contribution in [0.2, 0.25) is 0 Å². The van der Waals surface area contributed by atoms with Crippen LogP contribution in [0.15, 0.2) is 0 Å². The minimum atomic E-state index is -1.20. The second kappa shape index (κ2) is 11.8. The van der Waals surface area contributed by atoms with Gasteiger partial charge in [-0.05, 0) is 26.2 Å². The van der Waals surface area contributed by atoms with Gasteiger partial charge in [0.2, 0.25) is 17.7 Å². The van der Waals surface area contributed by atoms with Crippen molar-refractivity contribution in [2.45, 2.75) is 64.4 Å². The lowest BCUT2D eigenvalue weighted by Gasteiger charge is -2.23. The normalized spacial score (nSPS) is 16.6. The van der Waals surface area contributed by atoms with Gasteiger partial charge in [0.25, 0.3) is 0 Å². The first-order valence-corrected chi connectivity index (χ1v) is 9.22. The number of carboxylic acids is 1. The molecule has 156 valence electrons. The summed E-state index contributed by atoms with van der Waals surface area (Å²) in [5.41, 5.74) is 5.48. The number of nitrogens with one attached hydrogen (secondary N) is 3. The van der Waals surface area contributed by atoms with Crippen molar-refractivity contribution in [2.75, 3.05) is 5.75 Å². The van der Waals surface area contributed by atoms with Gasteiger partial charge >= 0.3 is 5.97 Å². The first kappa shape index (κ1) is 25.1. The Labute approximate surface area is 164 Å². The van der Waals surface area contributed by atoms with Gasteiger partial charge in [-0.15, -0.1) is 0 Å². The number of thiol groups is 1. The Morgan fingerprint density at radius 1 is 0.926 bits per heavy atom. The molecule has 0 radical (unpaired) electrons. The number of hydrogen-bond donors (Lipinski definition) is 7. The number of carbonyl (C=O) groups excluding carboxylic acids is 3. The number of nitrogens with two attached hydrogens (primary N) is 1. The van der Waals surface area contributed by atoms with Gasteiger partial charge < -0.3 is 31.9 Å². The summed E-state index contributed by atoms with van der Waals surface area (Å²) in [6.07, 6.45) is -0.858. The molecule has 0 spiro atoms. The van der Waals surface area contributed by atoms with Gasteiger partial charge in [-0.2, -0.15) is 12.6 Å². The molecule has 0 aromatic heterocycles. The van der Waals surface area contributed by atoms with Gasteiger partial charge in [0.15, 0.2) is 0 Å². The molecule has 0 heterocycles. The summed E-state index contributed by atoms with van der Waals surface area (Å²) in [5.74, 6) is -3.28. The predicted molar refractivity (Wildman–Crippen MR) is 102 cm³/mol. The Morgan fingerprint density at radius 3 is 1.85 bits per heavy atom. The molecule has 5 unspecified atom stereocenters. The molecule has 0 aromatic rings. The van der Waals surface area contributed by atoms with E-state index in [1.807, 2.05) is 13.8 Å². The summed E-state index contributed by atoms with van der Waals surface area (Å²) in [6, 6.07) is -4.39. The zero-order valence-electron chi connectivity index (χ0n) is 15.9. The minimum absolute atomic E-state index is 0.0452. The molecule has 0 saturated carbocycles. The molecule has 0 bridgehead atoms. The maximum absolute atomic E-state index is 12.3. The van der Waals surface area contributed by atoms with E-state index in [1.165, 1.54) is 13.8 Å². The largest absolute Gasteiger partial charge is 0.480 e. The first-order valence-electron chi connectivity index (χ1n) is 8.59. The fourth-order valence-corrected chi connectivity index (χ4v) is 2.31. The fraction of sp³-hybridized carbons (Fsp3) is 0.750. The SMILES string of the molecule is CC(C)CC(NC(=O)C(CS)NC(=O)C(C)NC(=O)C(N)C(C)O)C(=O)O. The van der Waals surface area contributed by atoms with Crippen LogP contribution in [0.5, 0.6) is 0 Å². The van der Waals surface area contributed by atoms with Crippen molar-refractivity contribution in [3.8, 4) is 0 Å². The molecule has 3 amide bonds. The van der Waals surface area contributed by atoms with Crippen molar-refractivity contribution in [2.24, 2.45) is 11.7 Å².